The molecule has 0 saturated heterocycles. The van der Waals surface area contributed by atoms with Crippen molar-refractivity contribution in [2.75, 3.05) is 7.05 Å². The Kier molecular flexibility index (Phi) is 5.12. The summed E-state index contributed by atoms with van der Waals surface area (Å²) in [7, 11) is 1.30. The Morgan fingerprint density at radius 3 is 2.06 bits per heavy atom. The summed E-state index contributed by atoms with van der Waals surface area (Å²) >= 11 is 0. The van der Waals surface area contributed by atoms with Crippen LogP contribution in [0.25, 0.3) is 0 Å². The summed E-state index contributed by atoms with van der Waals surface area (Å²) in [6, 6.07) is -1.19. The second-order valence-corrected chi connectivity index (χ2v) is 4.85. The molecule has 0 radical (unpaired) electrons. The number of carbonyl (C=O) groups excluding carboxylic acids is 2. The van der Waals surface area contributed by atoms with E-state index in [-0.39, 0.29) is 12.2 Å². The van der Waals surface area contributed by atoms with Gasteiger partial charge < -0.3 is 9.84 Å². The van der Waals surface area contributed by atoms with Crippen molar-refractivity contribution in [3.05, 3.63) is 0 Å². The zero-order valence-corrected chi connectivity index (χ0v) is 10.8. The highest BCUT2D eigenvalue weighted by molar-refractivity contribution is 5.86. The monoisotopic (exact) mass is 245 g/mol. The van der Waals surface area contributed by atoms with Gasteiger partial charge in [0.2, 0.25) is 0 Å². The molecule has 0 aliphatic heterocycles. The minimum absolute atomic E-state index is 0.231. The normalized spacial score (nSPS) is 12.8. The van der Waals surface area contributed by atoms with Gasteiger partial charge in [-0.1, -0.05) is 0 Å². The molecule has 0 aromatic rings. The topological polar surface area (TPSA) is 83.9 Å². The number of nitrogens with zero attached hydrogens (tertiary/aromatic N) is 1. The van der Waals surface area contributed by atoms with Gasteiger partial charge in [-0.2, -0.15) is 0 Å². The van der Waals surface area contributed by atoms with Gasteiger partial charge in [0.15, 0.2) is 0 Å². The first kappa shape index (κ1) is 15.4. The summed E-state index contributed by atoms with van der Waals surface area (Å²) in [6.45, 7) is 6.32. The number of hydrogen-bond acceptors (Lipinski definition) is 4. The van der Waals surface area contributed by atoms with Crippen LogP contribution in [-0.2, 0) is 14.3 Å². The average molecular weight is 245 g/mol. The number of aliphatic carboxylic acids is 1. The van der Waals surface area contributed by atoms with Crippen LogP contribution >= 0.6 is 0 Å². The fraction of sp³-hybridized carbons (Fsp3) is 0.727. The number of amides is 1. The predicted octanol–water partition coefficient (Wildman–Crippen LogP) is 1.29. The molecule has 0 heterocycles. The largest absolute Gasteiger partial charge is 0.480 e. The van der Waals surface area contributed by atoms with Gasteiger partial charge in [0, 0.05) is 13.5 Å². The Morgan fingerprint density at radius 2 is 1.76 bits per heavy atom. The lowest BCUT2D eigenvalue weighted by molar-refractivity contribution is -0.144. The van der Waals surface area contributed by atoms with Gasteiger partial charge in [-0.25, -0.2) is 9.59 Å². The van der Waals surface area contributed by atoms with Crippen molar-refractivity contribution in [3.63, 3.8) is 0 Å². The molecule has 0 fully saturated rings. The maximum Gasteiger partial charge on any atom is 0.410 e. The lowest BCUT2D eigenvalue weighted by Gasteiger charge is -2.28. The molecule has 0 rings (SSSR count). The zero-order valence-electron chi connectivity index (χ0n) is 10.8. The molecule has 6 nitrogen and oxygen atoms in total. The van der Waals surface area contributed by atoms with Crippen molar-refractivity contribution in [2.45, 2.75) is 45.8 Å². The van der Waals surface area contributed by atoms with E-state index in [1.807, 2.05) is 0 Å². The van der Waals surface area contributed by atoms with Crippen molar-refractivity contribution >= 4 is 17.8 Å². The van der Waals surface area contributed by atoms with Crippen LogP contribution in [0.4, 0.5) is 4.79 Å². The fourth-order valence-electron chi connectivity index (χ4n) is 1.12. The number of carboxylic acids is 1. The second-order valence-electron chi connectivity index (χ2n) is 4.85. The van der Waals surface area contributed by atoms with E-state index in [4.69, 9.17) is 9.84 Å². The SMILES string of the molecule is CC(=O)CC(C(=O)O)N(C)C(=O)OC(C)(C)C. The van der Waals surface area contributed by atoms with Crippen LogP contribution < -0.4 is 0 Å². The summed E-state index contributed by atoms with van der Waals surface area (Å²) in [5, 5.41) is 8.94. The molecule has 0 spiro atoms. The number of carboxylic acid groups (broad SMARTS) is 1. The maximum absolute atomic E-state index is 11.6. The van der Waals surface area contributed by atoms with Crippen LogP contribution in [0.5, 0.6) is 0 Å². The lowest BCUT2D eigenvalue weighted by Crippen LogP contribution is -2.45. The average Bonchev–Trinajstić information content (AvgIpc) is 2.09. The van der Waals surface area contributed by atoms with E-state index in [1.165, 1.54) is 14.0 Å². The van der Waals surface area contributed by atoms with Crippen LogP contribution in [0.1, 0.15) is 34.1 Å². The Balaban J connectivity index is 4.72. The van der Waals surface area contributed by atoms with Crippen LogP contribution in [0.3, 0.4) is 0 Å². The molecule has 0 bridgehead atoms. The van der Waals surface area contributed by atoms with Crippen molar-refractivity contribution in [1.29, 1.82) is 0 Å². The first-order valence-corrected chi connectivity index (χ1v) is 5.22. The molecule has 6 heteroatoms. The Labute approximate surface area is 101 Å². The van der Waals surface area contributed by atoms with Crippen LogP contribution in [0.2, 0.25) is 0 Å². The third-order valence-corrected chi connectivity index (χ3v) is 1.91. The van der Waals surface area contributed by atoms with Crippen molar-refractivity contribution in [3.8, 4) is 0 Å². The molecule has 0 saturated carbocycles. The van der Waals surface area contributed by atoms with Crippen molar-refractivity contribution in [2.24, 2.45) is 0 Å². The Morgan fingerprint density at radius 1 is 1.29 bits per heavy atom. The number of carbonyl (C=O) groups is 3. The molecular formula is C11H19NO5. The van der Waals surface area contributed by atoms with E-state index < -0.39 is 23.7 Å². The molecule has 0 aliphatic rings. The first-order chi connectivity index (χ1) is 7.54. The second kappa shape index (κ2) is 5.65. The van der Waals surface area contributed by atoms with E-state index >= 15 is 0 Å². The standard InChI is InChI=1S/C11H19NO5/c1-7(13)6-8(9(14)15)12(5)10(16)17-11(2,3)4/h8H,6H2,1-5H3,(H,14,15). The minimum Gasteiger partial charge on any atom is -0.480 e. The summed E-state index contributed by atoms with van der Waals surface area (Å²) < 4.78 is 5.02. The van der Waals surface area contributed by atoms with Gasteiger partial charge in [0.1, 0.15) is 17.4 Å². The van der Waals surface area contributed by atoms with Gasteiger partial charge >= 0.3 is 12.1 Å². The third-order valence-electron chi connectivity index (χ3n) is 1.91. The molecule has 0 aliphatic carbocycles. The molecular weight excluding hydrogens is 226 g/mol. The van der Waals surface area contributed by atoms with E-state index in [0.29, 0.717) is 0 Å². The highest BCUT2D eigenvalue weighted by Crippen LogP contribution is 2.12. The number of Topliss-reactive ketones (excluding diaryl/α,β-unsaturated/α-hetero) is 1. The Hall–Kier alpha value is -1.59. The highest BCUT2D eigenvalue weighted by atomic mass is 16.6. The number of hydrogen-bond donors (Lipinski definition) is 1. The van der Waals surface area contributed by atoms with Crippen molar-refractivity contribution < 1.29 is 24.2 Å². The van der Waals surface area contributed by atoms with E-state index in [0.717, 1.165) is 4.90 Å². The smallest absolute Gasteiger partial charge is 0.410 e. The van der Waals surface area contributed by atoms with Crippen LogP contribution in [-0.4, -0.2) is 46.5 Å². The molecule has 0 aromatic heterocycles. The molecule has 1 amide bonds. The molecule has 1 atom stereocenters. The highest BCUT2D eigenvalue weighted by Gasteiger charge is 2.30. The zero-order chi connectivity index (χ0) is 13.8. The summed E-state index contributed by atoms with van der Waals surface area (Å²) in [5.74, 6) is -1.53. The summed E-state index contributed by atoms with van der Waals surface area (Å²) in [4.78, 5) is 34.4. The molecule has 1 unspecified atom stereocenters. The minimum atomic E-state index is -1.23. The third kappa shape index (κ3) is 5.89. The maximum atomic E-state index is 11.6. The van der Waals surface area contributed by atoms with E-state index in [2.05, 4.69) is 0 Å². The number of likely N-dealkylation sites (N-methyl/N-ethyl adjacent to an activating group) is 1. The van der Waals surface area contributed by atoms with Crippen LogP contribution in [0, 0.1) is 0 Å². The van der Waals surface area contributed by atoms with Gasteiger partial charge in [0.05, 0.1) is 0 Å². The quantitative estimate of drug-likeness (QED) is 0.806. The fourth-order valence-corrected chi connectivity index (χ4v) is 1.12. The Bertz CT molecular complexity index is 318. The van der Waals surface area contributed by atoms with E-state index in [1.54, 1.807) is 20.8 Å². The van der Waals surface area contributed by atoms with Gasteiger partial charge in [-0.15, -0.1) is 0 Å². The van der Waals surface area contributed by atoms with Crippen molar-refractivity contribution in [1.82, 2.24) is 4.90 Å². The van der Waals surface area contributed by atoms with Gasteiger partial charge in [-0.05, 0) is 27.7 Å². The number of rotatable bonds is 4. The summed E-state index contributed by atoms with van der Waals surface area (Å²) in [5.41, 5.74) is -0.704. The van der Waals surface area contributed by atoms with E-state index in [9.17, 15) is 14.4 Å². The molecule has 0 aromatic carbocycles. The van der Waals surface area contributed by atoms with Gasteiger partial charge in [-0.3, -0.25) is 9.69 Å². The first-order valence-electron chi connectivity index (χ1n) is 5.22. The number of ether oxygens (including phenoxy) is 1. The predicted molar refractivity (Wildman–Crippen MR) is 60.7 cm³/mol. The number of ketones is 1. The molecule has 17 heavy (non-hydrogen) atoms. The van der Waals surface area contributed by atoms with Crippen LogP contribution in [0.15, 0.2) is 0 Å². The molecule has 98 valence electrons. The lowest BCUT2D eigenvalue weighted by atomic mass is 10.1. The molecule has 1 N–H and O–H groups in total. The van der Waals surface area contributed by atoms with Gasteiger partial charge in [0.25, 0.3) is 0 Å². The summed E-state index contributed by atoms with van der Waals surface area (Å²) in [6.07, 6.45) is -0.989.